The quantitative estimate of drug-likeness (QED) is 0.712. The van der Waals surface area contributed by atoms with E-state index in [9.17, 15) is 0 Å². The molecule has 0 aromatic rings. The summed E-state index contributed by atoms with van der Waals surface area (Å²) < 4.78 is 11.9. The van der Waals surface area contributed by atoms with Gasteiger partial charge in [0.15, 0.2) is 0 Å². The van der Waals surface area contributed by atoms with Gasteiger partial charge in [-0.2, -0.15) is 0 Å². The number of rotatable bonds is 5. The average molecular weight is 226 g/mol. The fourth-order valence-electron chi connectivity index (χ4n) is 2.90. The van der Waals surface area contributed by atoms with Crippen LogP contribution in [0.4, 0.5) is 0 Å². The molecule has 0 saturated heterocycles. The second kappa shape index (κ2) is 6.61. The van der Waals surface area contributed by atoms with Crippen molar-refractivity contribution in [1.29, 1.82) is 0 Å². The zero-order chi connectivity index (χ0) is 11.2. The van der Waals surface area contributed by atoms with E-state index in [-0.39, 0.29) is 6.10 Å². The molecule has 0 aromatic heterocycles. The van der Waals surface area contributed by atoms with E-state index in [0.29, 0.717) is 12.2 Å². The molecule has 2 nitrogen and oxygen atoms in total. The summed E-state index contributed by atoms with van der Waals surface area (Å²) in [6.45, 7) is 2.95. The summed E-state index contributed by atoms with van der Waals surface area (Å²) in [5, 5.41) is 0. The fraction of sp³-hybridized carbons (Fsp3) is 1.00. The maximum atomic E-state index is 6.03. The Morgan fingerprint density at radius 2 is 1.44 bits per heavy atom. The van der Waals surface area contributed by atoms with Crippen molar-refractivity contribution >= 4 is 0 Å². The Morgan fingerprint density at radius 3 is 2.12 bits per heavy atom. The van der Waals surface area contributed by atoms with Crippen molar-refractivity contribution in [3.63, 3.8) is 0 Å². The second-order valence-electron chi connectivity index (χ2n) is 5.45. The molecule has 0 N–H and O–H groups in total. The SMILES string of the molecule is CC(COC1CCCC1)OC1CCCCC1. The van der Waals surface area contributed by atoms with Gasteiger partial charge in [0, 0.05) is 0 Å². The summed E-state index contributed by atoms with van der Waals surface area (Å²) in [4.78, 5) is 0. The summed E-state index contributed by atoms with van der Waals surface area (Å²) in [5.41, 5.74) is 0. The van der Waals surface area contributed by atoms with Crippen LogP contribution < -0.4 is 0 Å². The lowest BCUT2D eigenvalue weighted by Gasteiger charge is -2.26. The van der Waals surface area contributed by atoms with Gasteiger partial charge >= 0.3 is 0 Å². The smallest absolute Gasteiger partial charge is 0.0784 e. The van der Waals surface area contributed by atoms with Gasteiger partial charge in [0.1, 0.15) is 0 Å². The van der Waals surface area contributed by atoms with E-state index >= 15 is 0 Å². The van der Waals surface area contributed by atoms with Crippen molar-refractivity contribution in [3.05, 3.63) is 0 Å². The molecule has 2 aliphatic carbocycles. The average Bonchev–Trinajstić information content (AvgIpc) is 2.81. The van der Waals surface area contributed by atoms with E-state index in [4.69, 9.17) is 9.47 Å². The minimum atomic E-state index is 0.281. The normalized spacial score (nSPS) is 26.1. The molecule has 1 atom stereocenters. The molecule has 0 aromatic carbocycles. The van der Waals surface area contributed by atoms with Crippen LogP contribution in [-0.2, 0) is 9.47 Å². The number of ether oxygens (including phenoxy) is 2. The first-order chi connectivity index (χ1) is 7.84. The van der Waals surface area contributed by atoms with Crippen molar-refractivity contribution < 1.29 is 9.47 Å². The molecule has 2 fully saturated rings. The topological polar surface area (TPSA) is 18.5 Å². The van der Waals surface area contributed by atoms with Crippen LogP contribution in [0.3, 0.4) is 0 Å². The van der Waals surface area contributed by atoms with E-state index in [1.807, 2.05) is 0 Å². The van der Waals surface area contributed by atoms with Gasteiger partial charge in [-0.15, -0.1) is 0 Å². The molecule has 2 saturated carbocycles. The van der Waals surface area contributed by atoms with Crippen LogP contribution in [0.5, 0.6) is 0 Å². The second-order valence-corrected chi connectivity index (χ2v) is 5.45. The molecule has 2 rings (SSSR count). The molecule has 0 heterocycles. The van der Waals surface area contributed by atoms with E-state index in [0.717, 1.165) is 6.61 Å². The monoisotopic (exact) mass is 226 g/mol. The third kappa shape index (κ3) is 4.06. The lowest BCUT2D eigenvalue weighted by molar-refractivity contribution is -0.0749. The molecule has 1 unspecified atom stereocenters. The van der Waals surface area contributed by atoms with Crippen molar-refractivity contribution in [2.45, 2.75) is 83.0 Å². The predicted octanol–water partition coefficient (Wildman–Crippen LogP) is 3.68. The first kappa shape index (κ1) is 12.4. The number of hydrogen-bond donors (Lipinski definition) is 0. The first-order valence-electron chi connectivity index (χ1n) is 7.11. The van der Waals surface area contributed by atoms with E-state index in [1.165, 1.54) is 57.8 Å². The van der Waals surface area contributed by atoms with Crippen LogP contribution in [0, 0.1) is 0 Å². The Balaban J connectivity index is 1.57. The zero-order valence-electron chi connectivity index (χ0n) is 10.6. The lowest BCUT2D eigenvalue weighted by Crippen LogP contribution is -2.27. The first-order valence-corrected chi connectivity index (χ1v) is 7.11. The highest BCUT2D eigenvalue weighted by Gasteiger charge is 2.19. The maximum Gasteiger partial charge on any atom is 0.0784 e. The summed E-state index contributed by atoms with van der Waals surface area (Å²) in [6, 6.07) is 0. The van der Waals surface area contributed by atoms with Crippen LogP contribution in [0.25, 0.3) is 0 Å². The molecular formula is C14H26O2. The molecule has 2 heteroatoms. The van der Waals surface area contributed by atoms with Gasteiger partial charge in [-0.05, 0) is 32.6 Å². The molecular weight excluding hydrogens is 200 g/mol. The van der Waals surface area contributed by atoms with Gasteiger partial charge in [-0.1, -0.05) is 32.1 Å². The van der Waals surface area contributed by atoms with Crippen LogP contribution in [-0.4, -0.2) is 24.9 Å². The molecule has 94 valence electrons. The minimum absolute atomic E-state index is 0.281. The van der Waals surface area contributed by atoms with E-state index < -0.39 is 0 Å². The van der Waals surface area contributed by atoms with Gasteiger partial charge in [0.2, 0.25) is 0 Å². The summed E-state index contributed by atoms with van der Waals surface area (Å²) in [5.74, 6) is 0. The predicted molar refractivity (Wildman–Crippen MR) is 65.6 cm³/mol. The molecule has 0 spiro atoms. The maximum absolute atomic E-state index is 6.03. The third-order valence-corrected chi connectivity index (χ3v) is 3.85. The van der Waals surface area contributed by atoms with Gasteiger partial charge in [-0.25, -0.2) is 0 Å². The van der Waals surface area contributed by atoms with E-state index in [1.54, 1.807) is 0 Å². The Morgan fingerprint density at radius 1 is 0.875 bits per heavy atom. The lowest BCUT2D eigenvalue weighted by atomic mass is 9.98. The van der Waals surface area contributed by atoms with Crippen molar-refractivity contribution in [1.82, 2.24) is 0 Å². The summed E-state index contributed by atoms with van der Waals surface area (Å²) in [7, 11) is 0. The van der Waals surface area contributed by atoms with Gasteiger partial charge in [0.05, 0.1) is 24.9 Å². The fourth-order valence-corrected chi connectivity index (χ4v) is 2.90. The molecule has 2 aliphatic rings. The molecule has 0 radical (unpaired) electrons. The highest BCUT2D eigenvalue weighted by Crippen LogP contribution is 2.23. The van der Waals surface area contributed by atoms with Gasteiger partial charge in [0.25, 0.3) is 0 Å². The third-order valence-electron chi connectivity index (χ3n) is 3.85. The van der Waals surface area contributed by atoms with Crippen molar-refractivity contribution in [2.24, 2.45) is 0 Å². The Kier molecular flexibility index (Phi) is 5.11. The van der Waals surface area contributed by atoms with Crippen molar-refractivity contribution in [2.75, 3.05) is 6.61 Å². The Labute approximate surface area is 99.7 Å². The van der Waals surface area contributed by atoms with Crippen molar-refractivity contribution in [3.8, 4) is 0 Å². The zero-order valence-corrected chi connectivity index (χ0v) is 10.6. The highest BCUT2D eigenvalue weighted by molar-refractivity contribution is 4.69. The molecule has 0 amide bonds. The summed E-state index contributed by atoms with van der Waals surface area (Å²) >= 11 is 0. The van der Waals surface area contributed by atoms with Crippen LogP contribution in [0.1, 0.15) is 64.7 Å². The summed E-state index contributed by atoms with van der Waals surface area (Å²) in [6.07, 6.45) is 13.1. The van der Waals surface area contributed by atoms with Crippen LogP contribution in [0.2, 0.25) is 0 Å². The minimum Gasteiger partial charge on any atom is -0.376 e. The van der Waals surface area contributed by atoms with Gasteiger partial charge < -0.3 is 9.47 Å². The molecule has 0 bridgehead atoms. The van der Waals surface area contributed by atoms with Crippen LogP contribution in [0.15, 0.2) is 0 Å². The molecule has 0 aliphatic heterocycles. The number of hydrogen-bond acceptors (Lipinski definition) is 2. The highest BCUT2D eigenvalue weighted by atomic mass is 16.5. The largest absolute Gasteiger partial charge is 0.376 e. The van der Waals surface area contributed by atoms with Gasteiger partial charge in [-0.3, -0.25) is 0 Å². The molecule has 16 heavy (non-hydrogen) atoms. The Hall–Kier alpha value is -0.0800. The Bertz CT molecular complexity index is 181. The van der Waals surface area contributed by atoms with E-state index in [2.05, 4.69) is 6.92 Å². The van der Waals surface area contributed by atoms with Crippen LogP contribution >= 0.6 is 0 Å². The standard InChI is InChI=1S/C14H26O2/c1-12(11-15-13-7-5-6-8-13)16-14-9-3-2-4-10-14/h12-14H,2-11H2,1H3.